The van der Waals surface area contributed by atoms with Crippen molar-refractivity contribution >= 4 is 11.6 Å². The maximum absolute atomic E-state index is 6.64. The topological polar surface area (TPSA) is 12.5 Å². The van der Waals surface area contributed by atoms with Gasteiger partial charge in [0, 0.05) is 10.8 Å². The molecular formula is C27H45ClO. The first kappa shape index (κ1) is 21.1. The van der Waals surface area contributed by atoms with Gasteiger partial charge in [-0.05, 0) is 92.3 Å². The summed E-state index contributed by atoms with van der Waals surface area (Å²) < 4.78 is 6.58. The van der Waals surface area contributed by atoms with Crippen LogP contribution in [0.1, 0.15) is 105 Å². The quantitative estimate of drug-likeness (QED) is 0.325. The van der Waals surface area contributed by atoms with Crippen molar-refractivity contribution in [3.63, 3.8) is 0 Å². The second-order valence-corrected chi connectivity index (χ2v) is 13.5. The lowest BCUT2D eigenvalue weighted by atomic mass is 9.44. The largest absolute Gasteiger partial charge is 0.365 e. The molecule has 5 rings (SSSR count). The van der Waals surface area contributed by atoms with Crippen molar-refractivity contribution in [3.05, 3.63) is 0 Å². The molecule has 166 valence electrons. The van der Waals surface area contributed by atoms with E-state index in [1.165, 1.54) is 64.2 Å². The highest BCUT2D eigenvalue weighted by molar-refractivity contribution is 6.20. The molecule has 4 saturated carbocycles. The Morgan fingerprint density at radius 2 is 1.76 bits per heavy atom. The maximum Gasteiger partial charge on any atom is 0.102 e. The second kappa shape index (κ2) is 7.13. The molecule has 8 unspecified atom stereocenters. The molecule has 0 bridgehead atoms. The minimum atomic E-state index is 0.161. The van der Waals surface area contributed by atoms with E-state index in [-0.39, 0.29) is 5.60 Å². The average Bonchev–Trinajstić information content (AvgIpc) is 3.22. The van der Waals surface area contributed by atoms with Crippen molar-refractivity contribution in [2.45, 2.75) is 122 Å². The van der Waals surface area contributed by atoms with Crippen LogP contribution in [0.15, 0.2) is 0 Å². The summed E-state index contributed by atoms with van der Waals surface area (Å²) in [5, 5.41) is 0.348. The lowest BCUT2D eigenvalue weighted by Gasteiger charge is -2.59. The Hall–Kier alpha value is 0.250. The van der Waals surface area contributed by atoms with Gasteiger partial charge in [-0.15, -0.1) is 11.6 Å². The molecule has 29 heavy (non-hydrogen) atoms. The number of epoxide rings is 1. The van der Waals surface area contributed by atoms with E-state index in [1.54, 1.807) is 0 Å². The number of hydrogen-bond acceptors (Lipinski definition) is 1. The molecule has 1 aliphatic heterocycles. The van der Waals surface area contributed by atoms with Crippen molar-refractivity contribution in [1.29, 1.82) is 0 Å². The molecule has 0 aromatic rings. The number of halogens is 1. The summed E-state index contributed by atoms with van der Waals surface area (Å²) in [6, 6.07) is 0. The van der Waals surface area contributed by atoms with Gasteiger partial charge < -0.3 is 4.74 Å². The third-order valence-corrected chi connectivity index (χ3v) is 11.6. The molecular weight excluding hydrogens is 376 g/mol. The van der Waals surface area contributed by atoms with Gasteiger partial charge in [0.05, 0.1) is 6.10 Å². The van der Waals surface area contributed by atoms with Gasteiger partial charge in [0.1, 0.15) is 5.60 Å². The van der Waals surface area contributed by atoms with Crippen LogP contribution in [0.5, 0.6) is 0 Å². The Balaban J connectivity index is 1.33. The van der Waals surface area contributed by atoms with E-state index in [4.69, 9.17) is 16.3 Å². The van der Waals surface area contributed by atoms with Gasteiger partial charge in [-0.25, -0.2) is 0 Å². The van der Waals surface area contributed by atoms with Crippen LogP contribution in [0.4, 0.5) is 0 Å². The molecule has 1 heterocycles. The zero-order valence-electron chi connectivity index (χ0n) is 19.7. The van der Waals surface area contributed by atoms with E-state index >= 15 is 0 Å². The van der Waals surface area contributed by atoms with E-state index in [9.17, 15) is 0 Å². The molecule has 1 nitrogen and oxygen atoms in total. The maximum atomic E-state index is 6.64. The zero-order valence-corrected chi connectivity index (χ0v) is 20.4. The van der Waals surface area contributed by atoms with Crippen molar-refractivity contribution in [3.8, 4) is 0 Å². The van der Waals surface area contributed by atoms with Crippen LogP contribution in [0.25, 0.3) is 0 Å². The Bertz CT molecular complexity index is 632. The van der Waals surface area contributed by atoms with Gasteiger partial charge in [0.2, 0.25) is 0 Å². The van der Waals surface area contributed by atoms with Crippen LogP contribution in [0.2, 0.25) is 0 Å². The fourth-order valence-corrected chi connectivity index (χ4v) is 9.99. The highest BCUT2D eigenvalue weighted by atomic mass is 35.5. The molecule has 4 aliphatic carbocycles. The fraction of sp³-hybridized carbons (Fsp3) is 1.00. The van der Waals surface area contributed by atoms with Crippen LogP contribution in [0, 0.1) is 46.3 Å². The second-order valence-electron chi connectivity index (χ2n) is 12.9. The Labute approximate surface area is 185 Å². The fourth-order valence-electron chi connectivity index (χ4n) is 9.65. The van der Waals surface area contributed by atoms with Crippen LogP contribution >= 0.6 is 11.6 Å². The zero-order chi connectivity index (χ0) is 20.6. The van der Waals surface area contributed by atoms with Crippen LogP contribution in [0.3, 0.4) is 0 Å². The number of ether oxygens (including phenoxy) is 1. The predicted molar refractivity (Wildman–Crippen MR) is 122 cm³/mol. The summed E-state index contributed by atoms with van der Waals surface area (Å²) in [4.78, 5) is 0. The number of fused-ring (bicyclic) bond motifs is 4. The van der Waals surface area contributed by atoms with E-state index in [2.05, 4.69) is 34.6 Å². The van der Waals surface area contributed by atoms with Crippen molar-refractivity contribution in [2.75, 3.05) is 0 Å². The molecule has 0 N–H and O–H groups in total. The van der Waals surface area contributed by atoms with Gasteiger partial charge in [0.15, 0.2) is 0 Å². The third-order valence-electron chi connectivity index (χ3n) is 11.2. The molecule has 5 aliphatic rings. The first-order chi connectivity index (χ1) is 13.7. The van der Waals surface area contributed by atoms with Gasteiger partial charge in [-0.1, -0.05) is 53.9 Å². The first-order valence-electron chi connectivity index (χ1n) is 13.0. The molecule has 0 aromatic heterocycles. The lowest BCUT2D eigenvalue weighted by molar-refractivity contribution is -0.0996. The molecule has 1 saturated heterocycles. The Morgan fingerprint density at radius 1 is 0.966 bits per heavy atom. The average molecular weight is 421 g/mol. The number of rotatable bonds is 5. The highest BCUT2D eigenvalue weighted by Gasteiger charge is 2.75. The lowest BCUT2D eigenvalue weighted by Crippen LogP contribution is -2.58. The monoisotopic (exact) mass is 420 g/mol. The van der Waals surface area contributed by atoms with E-state index in [0.29, 0.717) is 22.3 Å². The summed E-state index contributed by atoms with van der Waals surface area (Å²) in [6.45, 7) is 12.7. The minimum Gasteiger partial charge on any atom is -0.365 e. The highest BCUT2D eigenvalue weighted by Crippen LogP contribution is 2.74. The molecule has 1 spiro atoms. The molecule has 2 heteroatoms. The molecule has 0 radical (unpaired) electrons. The standard InChI is InChI=1S/C27H45ClO/c1-17(2)7-6-8-18(3)21-9-10-22-20-15-24-27(29-24)16-19(28)11-14-26(27,5)23(20)12-13-25(21,22)4/h17-24H,6-16H2,1-5H3/t18?,19?,20?,21?,22?,23?,24-,25?,26?,27-/m0/s1. The Kier molecular flexibility index (Phi) is 5.19. The number of hydrogen-bond donors (Lipinski definition) is 0. The van der Waals surface area contributed by atoms with Gasteiger partial charge >= 0.3 is 0 Å². The summed E-state index contributed by atoms with van der Waals surface area (Å²) in [6.07, 6.45) is 15.7. The normalized spacial score (nSPS) is 54.3. The minimum absolute atomic E-state index is 0.161. The molecule has 10 atom stereocenters. The molecule has 5 fully saturated rings. The van der Waals surface area contributed by atoms with Gasteiger partial charge in [-0.3, -0.25) is 0 Å². The van der Waals surface area contributed by atoms with Crippen molar-refractivity contribution in [2.24, 2.45) is 46.3 Å². The predicted octanol–water partition coefficient (Wildman–Crippen LogP) is 7.85. The van der Waals surface area contributed by atoms with Crippen LogP contribution in [-0.2, 0) is 4.74 Å². The van der Waals surface area contributed by atoms with E-state index in [0.717, 1.165) is 41.9 Å². The summed E-state index contributed by atoms with van der Waals surface area (Å²) in [5.41, 5.74) is 1.15. The van der Waals surface area contributed by atoms with Crippen molar-refractivity contribution in [1.82, 2.24) is 0 Å². The number of alkyl halides is 1. The summed E-state index contributed by atoms with van der Waals surface area (Å²) in [7, 11) is 0. The van der Waals surface area contributed by atoms with Gasteiger partial charge in [0.25, 0.3) is 0 Å². The molecule has 0 aromatic carbocycles. The Morgan fingerprint density at radius 3 is 2.52 bits per heavy atom. The SMILES string of the molecule is CC(C)CCCC(C)C1CCC2C3C[C@@H]4O[C@@]45CC(Cl)CCC5(C)C3CCC12C. The van der Waals surface area contributed by atoms with Crippen molar-refractivity contribution < 1.29 is 4.74 Å². The summed E-state index contributed by atoms with van der Waals surface area (Å²) >= 11 is 6.64. The smallest absolute Gasteiger partial charge is 0.102 e. The molecule has 0 amide bonds. The third kappa shape index (κ3) is 3.02. The van der Waals surface area contributed by atoms with Crippen LogP contribution in [-0.4, -0.2) is 17.1 Å². The summed E-state index contributed by atoms with van der Waals surface area (Å²) in [5.74, 6) is 5.47. The van der Waals surface area contributed by atoms with E-state index < -0.39 is 0 Å². The van der Waals surface area contributed by atoms with Crippen LogP contribution < -0.4 is 0 Å². The first-order valence-corrected chi connectivity index (χ1v) is 13.5. The van der Waals surface area contributed by atoms with Gasteiger partial charge in [-0.2, -0.15) is 0 Å². The van der Waals surface area contributed by atoms with E-state index in [1.807, 2.05) is 0 Å².